The first kappa shape index (κ1) is 14.6. The molecule has 5 nitrogen and oxygen atoms in total. The third kappa shape index (κ3) is 2.59. The van der Waals surface area contributed by atoms with Gasteiger partial charge in [-0.1, -0.05) is 24.3 Å². The van der Waals surface area contributed by atoms with E-state index in [1.165, 1.54) is 10.1 Å². The minimum absolute atomic E-state index is 0.929. The summed E-state index contributed by atoms with van der Waals surface area (Å²) in [6.45, 7) is 3.75. The predicted molar refractivity (Wildman–Crippen MR) is 104 cm³/mol. The molecule has 0 bridgehead atoms. The monoisotopic (exact) mass is 347 g/mol. The Hall–Kier alpha value is -2.73. The van der Waals surface area contributed by atoms with E-state index in [4.69, 9.17) is 4.98 Å². The molecule has 0 amide bonds. The Labute approximate surface area is 149 Å². The quantitative estimate of drug-likeness (QED) is 0.555. The van der Waals surface area contributed by atoms with Crippen LogP contribution in [0.2, 0.25) is 0 Å². The first-order valence-corrected chi connectivity index (χ1v) is 9.22. The second-order valence-electron chi connectivity index (χ2n) is 6.19. The van der Waals surface area contributed by atoms with Gasteiger partial charge in [0.05, 0.1) is 21.9 Å². The molecule has 5 rings (SSSR count). The van der Waals surface area contributed by atoms with Crippen molar-refractivity contribution in [2.75, 3.05) is 36.0 Å². The van der Waals surface area contributed by atoms with E-state index >= 15 is 0 Å². The topological polar surface area (TPSA) is 45.2 Å². The van der Waals surface area contributed by atoms with Gasteiger partial charge in [-0.2, -0.15) is 4.37 Å². The summed E-state index contributed by atoms with van der Waals surface area (Å²) in [5, 5.41) is 1.26. The lowest BCUT2D eigenvalue weighted by atomic mass is 10.2. The first-order valence-electron chi connectivity index (χ1n) is 8.44. The van der Waals surface area contributed by atoms with Gasteiger partial charge in [0.1, 0.15) is 11.6 Å². The SMILES string of the molecule is c1ccc2nc(N3CCN(c4nsc5ccccc45)CC3)cnc2c1. The zero-order valence-corrected chi connectivity index (χ0v) is 14.5. The van der Waals surface area contributed by atoms with Crippen LogP contribution < -0.4 is 9.80 Å². The Morgan fingerprint density at radius 3 is 2.40 bits per heavy atom. The predicted octanol–water partition coefficient (Wildman–Crippen LogP) is 3.57. The molecule has 1 aliphatic rings. The van der Waals surface area contributed by atoms with Gasteiger partial charge in [0.15, 0.2) is 0 Å². The zero-order chi connectivity index (χ0) is 16.6. The summed E-state index contributed by atoms with van der Waals surface area (Å²) in [6.07, 6.45) is 1.89. The molecule has 0 spiro atoms. The number of nitrogens with zero attached hydrogens (tertiary/aromatic N) is 5. The molecular weight excluding hydrogens is 330 g/mol. The molecule has 4 aromatic rings. The van der Waals surface area contributed by atoms with Crippen LogP contribution in [0.25, 0.3) is 21.1 Å². The summed E-state index contributed by atoms with van der Waals surface area (Å²) in [7, 11) is 0. The maximum Gasteiger partial charge on any atom is 0.150 e. The van der Waals surface area contributed by atoms with Crippen LogP contribution in [0.1, 0.15) is 0 Å². The molecule has 25 heavy (non-hydrogen) atoms. The molecule has 6 heteroatoms. The van der Waals surface area contributed by atoms with Gasteiger partial charge in [0.25, 0.3) is 0 Å². The molecule has 1 aliphatic heterocycles. The molecule has 2 aromatic carbocycles. The third-order valence-electron chi connectivity index (χ3n) is 4.70. The highest BCUT2D eigenvalue weighted by Crippen LogP contribution is 2.30. The van der Waals surface area contributed by atoms with Gasteiger partial charge in [-0.05, 0) is 35.8 Å². The van der Waals surface area contributed by atoms with Crippen molar-refractivity contribution in [2.24, 2.45) is 0 Å². The third-order valence-corrected chi connectivity index (χ3v) is 5.51. The molecule has 1 fully saturated rings. The summed E-state index contributed by atoms with van der Waals surface area (Å²) in [4.78, 5) is 14.0. The van der Waals surface area contributed by atoms with E-state index in [9.17, 15) is 0 Å². The second-order valence-corrected chi connectivity index (χ2v) is 7.00. The van der Waals surface area contributed by atoms with Gasteiger partial charge in [0, 0.05) is 31.6 Å². The summed E-state index contributed by atoms with van der Waals surface area (Å²) in [5.74, 6) is 2.08. The van der Waals surface area contributed by atoms with Crippen molar-refractivity contribution < 1.29 is 0 Å². The Morgan fingerprint density at radius 1 is 0.800 bits per heavy atom. The van der Waals surface area contributed by atoms with Crippen molar-refractivity contribution in [3.05, 3.63) is 54.7 Å². The molecule has 0 radical (unpaired) electrons. The van der Waals surface area contributed by atoms with Crippen molar-refractivity contribution >= 4 is 44.3 Å². The van der Waals surface area contributed by atoms with Gasteiger partial charge >= 0.3 is 0 Å². The van der Waals surface area contributed by atoms with Crippen LogP contribution in [-0.2, 0) is 0 Å². The molecule has 0 unspecified atom stereocenters. The molecule has 0 N–H and O–H groups in total. The highest BCUT2D eigenvalue weighted by Gasteiger charge is 2.21. The van der Waals surface area contributed by atoms with E-state index in [1.807, 2.05) is 30.5 Å². The number of benzene rings is 2. The van der Waals surface area contributed by atoms with Crippen LogP contribution >= 0.6 is 11.5 Å². The maximum absolute atomic E-state index is 4.77. The van der Waals surface area contributed by atoms with Gasteiger partial charge in [-0.3, -0.25) is 4.98 Å². The largest absolute Gasteiger partial charge is 0.352 e. The lowest BCUT2D eigenvalue weighted by Crippen LogP contribution is -2.47. The van der Waals surface area contributed by atoms with E-state index in [0.717, 1.165) is 48.8 Å². The van der Waals surface area contributed by atoms with Crippen LogP contribution in [0.15, 0.2) is 54.7 Å². The summed E-state index contributed by atoms with van der Waals surface area (Å²) in [6, 6.07) is 16.5. The minimum atomic E-state index is 0.929. The Balaban J connectivity index is 1.36. The molecular formula is C19H17N5S. The molecule has 124 valence electrons. The Bertz CT molecular complexity index is 1040. The number of aromatic nitrogens is 3. The number of hydrogen-bond acceptors (Lipinski definition) is 6. The summed E-state index contributed by atoms with van der Waals surface area (Å²) in [5.41, 5.74) is 1.90. The van der Waals surface area contributed by atoms with Crippen molar-refractivity contribution in [3.8, 4) is 0 Å². The van der Waals surface area contributed by atoms with E-state index in [0.29, 0.717) is 0 Å². The Kier molecular flexibility index (Phi) is 3.48. The van der Waals surface area contributed by atoms with Crippen molar-refractivity contribution in [1.29, 1.82) is 0 Å². The number of anilines is 2. The number of para-hydroxylation sites is 2. The molecule has 0 saturated carbocycles. The number of piperazine rings is 1. The zero-order valence-electron chi connectivity index (χ0n) is 13.7. The van der Waals surface area contributed by atoms with Gasteiger partial charge in [0.2, 0.25) is 0 Å². The lowest BCUT2D eigenvalue weighted by Gasteiger charge is -2.35. The fourth-order valence-electron chi connectivity index (χ4n) is 3.35. The summed E-state index contributed by atoms with van der Waals surface area (Å²) < 4.78 is 5.93. The highest BCUT2D eigenvalue weighted by molar-refractivity contribution is 7.13. The van der Waals surface area contributed by atoms with Crippen LogP contribution in [0, 0.1) is 0 Å². The van der Waals surface area contributed by atoms with Crippen LogP contribution in [0.3, 0.4) is 0 Å². The van der Waals surface area contributed by atoms with Crippen molar-refractivity contribution in [1.82, 2.24) is 14.3 Å². The van der Waals surface area contributed by atoms with E-state index < -0.39 is 0 Å². The standard InChI is InChI=1S/C19H17N5S/c1-4-8-17-14(5-1)19(22-25-17)24-11-9-23(10-12-24)18-13-20-15-6-2-3-7-16(15)21-18/h1-8,13H,9-12H2. The van der Waals surface area contributed by atoms with Crippen LogP contribution in [-0.4, -0.2) is 40.5 Å². The molecule has 0 atom stereocenters. The smallest absolute Gasteiger partial charge is 0.150 e. The van der Waals surface area contributed by atoms with E-state index in [-0.39, 0.29) is 0 Å². The molecule has 2 aromatic heterocycles. The number of rotatable bonds is 2. The molecule has 1 saturated heterocycles. The molecule has 0 aliphatic carbocycles. The van der Waals surface area contributed by atoms with Gasteiger partial charge in [-0.25, -0.2) is 4.98 Å². The van der Waals surface area contributed by atoms with Gasteiger partial charge in [-0.15, -0.1) is 0 Å². The average molecular weight is 347 g/mol. The highest BCUT2D eigenvalue weighted by atomic mass is 32.1. The van der Waals surface area contributed by atoms with Crippen molar-refractivity contribution in [2.45, 2.75) is 0 Å². The normalized spacial score (nSPS) is 15.2. The number of fused-ring (bicyclic) bond motifs is 2. The average Bonchev–Trinajstić information content (AvgIpc) is 3.12. The van der Waals surface area contributed by atoms with Crippen LogP contribution in [0.4, 0.5) is 11.6 Å². The minimum Gasteiger partial charge on any atom is -0.352 e. The Morgan fingerprint density at radius 2 is 1.52 bits per heavy atom. The van der Waals surface area contributed by atoms with E-state index in [1.54, 1.807) is 11.5 Å². The molecule has 3 heterocycles. The van der Waals surface area contributed by atoms with Gasteiger partial charge < -0.3 is 9.80 Å². The summed E-state index contributed by atoms with van der Waals surface area (Å²) >= 11 is 1.58. The van der Waals surface area contributed by atoms with Crippen molar-refractivity contribution in [3.63, 3.8) is 0 Å². The fraction of sp³-hybridized carbons (Fsp3) is 0.211. The fourth-order valence-corrected chi connectivity index (χ4v) is 4.14. The van der Waals surface area contributed by atoms with E-state index in [2.05, 4.69) is 43.4 Å². The maximum atomic E-state index is 4.77. The first-order chi connectivity index (χ1) is 12.4. The number of hydrogen-bond donors (Lipinski definition) is 0. The van der Waals surface area contributed by atoms with Crippen LogP contribution in [0.5, 0.6) is 0 Å². The second kappa shape index (κ2) is 5.97. The lowest BCUT2D eigenvalue weighted by molar-refractivity contribution is 0.645.